The third-order valence-electron chi connectivity index (χ3n) is 5.71. The van der Waals surface area contributed by atoms with Gasteiger partial charge in [-0.15, -0.1) is 0 Å². The van der Waals surface area contributed by atoms with Gasteiger partial charge in [0.25, 0.3) is 0 Å². The second kappa shape index (κ2) is 10.3. The topological polar surface area (TPSA) is 69.7 Å². The fourth-order valence-corrected chi connectivity index (χ4v) is 3.47. The minimum Gasteiger partial charge on any atom is -0.442 e. The van der Waals surface area contributed by atoms with Gasteiger partial charge in [0.1, 0.15) is 0 Å². The Hall–Kier alpha value is -3.73. The van der Waals surface area contributed by atoms with Crippen LogP contribution in [-0.2, 0) is 25.1 Å². The van der Waals surface area contributed by atoms with Crippen LogP contribution in [0.15, 0.2) is 78.9 Å². The number of hydrogen-bond donors (Lipinski definition) is 0. The van der Waals surface area contributed by atoms with Crippen molar-refractivity contribution < 1.29 is 23.9 Å². The van der Waals surface area contributed by atoms with Crippen molar-refractivity contribution in [1.82, 2.24) is 0 Å². The summed E-state index contributed by atoms with van der Waals surface area (Å²) in [6.07, 6.45) is -1.39. The van der Waals surface area contributed by atoms with Crippen LogP contribution in [-0.4, -0.2) is 17.9 Å². The monoisotopic (exact) mass is 472 g/mol. The number of carbonyl (C=O) groups is 3. The van der Waals surface area contributed by atoms with Gasteiger partial charge in [-0.05, 0) is 46.2 Å². The average molecular weight is 473 g/mol. The molecule has 0 aliphatic heterocycles. The lowest BCUT2D eigenvalue weighted by Gasteiger charge is -2.20. The molecular formula is C30H32O5. The molecule has 3 aromatic carbocycles. The molecule has 0 aliphatic carbocycles. The van der Waals surface area contributed by atoms with E-state index in [1.54, 1.807) is 54.6 Å². The van der Waals surface area contributed by atoms with Gasteiger partial charge in [-0.2, -0.15) is 0 Å². The second-order valence-corrected chi connectivity index (χ2v) is 10.6. The lowest BCUT2D eigenvalue weighted by atomic mass is 9.87. The maximum Gasteiger partial charge on any atom is 0.360 e. The van der Waals surface area contributed by atoms with E-state index in [-0.39, 0.29) is 16.4 Å². The molecule has 0 aromatic heterocycles. The molecule has 3 aromatic rings. The van der Waals surface area contributed by atoms with Gasteiger partial charge in [0, 0.05) is 5.56 Å². The molecule has 5 heteroatoms. The van der Waals surface area contributed by atoms with Crippen molar-refractivity contribution >= 4 is 17.9 Å². The van der Waals surface area contributed by atoms with Gasteiger partial charge in [0.2, 0.25) is 6.10 Å². The minimum absolute atomic E-state index is 0.0652. The van der Waals surface area contributed by atoms with E-state index in [9.17, 15) is 14.4 Å². The van der Waals surface area contributed by atoms with Gasteiger partial charge >= 0.3 is 17.9 Å². The highest BCUT2D eigenvalue weighted by Gasteiger charge is 2.30. The SMILES string of the molecule is CC(C)(C)c1ccc(C(=O)OC(=O)C(OC(=O)c2ccc(C(C)(C)C)cc2)c2ccccc2)cc1. The minimum atomic E-state index is -1.39. The van der Waals surface area contributed by atoms with Crippen LogP contribution in [0.3, 0.4) is 0 Å². The fraction of sp³-hybridized carbons (Fsp3) is 0.300. The zero-order chi connectivity index (χ0) is 25.8. The van der Waals surface area contributed by atoms with Crippen LogP contribution in [0.1, 0.15) is 85.1 Å². The highest BCUT2D eigenvalue weighted by Crippen LogP contribution is 2.26. The van der Waals surface area contributed by atoms with E-state index in [0.29, 0.717) is 11.1 Å². The molecule has 35 heavy (non-hydrogen) atoms. The highest BCUT2D eigenvalue weighted by molar-refractivity contribution is 5.99. The van der Waals surface area contributed by atoms with Crippen molar-refractivity contribution in [3.63, 3.8) is 0 Å². The first-order valence-electron chi connectivity index (χ1n) is 11.6. The van der Waals surface area contributed by atoms with E-state index in [1.807, 2.05) is 24.3 Å². The van der Waals surface area contributed by atoms with Gasteiger partial charge < -0.3 is 9.47 Å². The molecule has 0 aliphatic rings. The molecule has 0 bridgehead atoms. The number of carbonyl (C=O) groups excluding carboxylic acids is 3. The smallest absolute Gasteiger partial charge is 0.360 e. The van der Waals surface area contributed by atoms with Crippen molar-refractivity contribution in [1.29, 1.82) is 0 Å². The molecule has 0 N–H and O–H groups in total. The van der Waals surface area contributed by atoms with Crippen molar-refractivity contribution in [2.45, 2.75) is 58.5 Å². The summed E-state index contributed by atoms with van der Waals surface area (Å²) < 4.78 is 10.7. The van der Waals surface area contributed by atoms with E-state index in [4.69, 9.17) is 9.47 Å². The number of ether oxygens (including phenoxy) is 2. The quantitative estimate of drug-likeness (QED) is 0.311. The number of rotatable bonds is 5. The van der Waals surface area contributed by atoms with E-state index in [0.717, 1.165) is 11.1 Å². The van der Waals surface area contributed by atoms with Crippen molar-refractivity contribution in [2.75, 3.05) is 0 Å². The van der Waals surface area contributed by atoms with E-state index >= 15 is 0 Å². The maximum atomic E-state index is 13.0. The molecule has 182 valence electrons. The fourth-order valence-electron chi connectivity index (χ4n) is 3.47. The standard InChI is InChI=1S/C30H32O5/c1-29(2,3)23-16-12-21(13-17-23)26(31)34-25(20-10-8-7-9-11-20)28(33)35-27(32)22-14-18-24(19-15-22)30(4,5)6/h7-19,25H,1-6H3. The molecule has 5 nitrogen and oxygen atoms in total. The Balaban J connectivity index is 1.79. The summed E-state index contributed by atoms with van der Waals surface area (Å²) in [6.45, 7) is 12.4. The van der Waals surface area contributed by atoms with Gasteiger partial charge in [-0.3, -0.25) is 0 Å². The number of hydrogen-bond acceptors (Lipinski definition) is 5. The summed E-state index contributed by atoms with van der Waals surface area (Å²) in [7, 11) is 0. The molecule has 0 spiro atoms. The lowest BCUT2D eigenvalue weighted by Crippen LogP contribution is -2.25. The molecule has 0 saturated heterocycles. The van der Waals surface area contributed by atoms with Crippen LogP contribution >= 0.6 is 0 Å². The maximum absolute atomic E-state index is 13.0. The van der Waals surface area contributed by atoms with Crippen LogP contribution < -0.4 is 0 Å². The van der Waals surface area contributed by atoms with Gasteiger partial charge in [-0.25, -0.2) is 14.4 Å². The summed E-state index contributed by atoms with van der Waals surface area (Å²) >= 11 is 0. The Morgan fingerprint density at radius 2 is 1.03 bits per heavy atom. The van der Waals surface area contributed by atoms with Crippen LogP contribution in [0.5, 0.6) is 0 Å². The molecule has 0 heterocycles. The Bertz CT molecular complexity index is 1180. The van der Waals surface area contributed by atoms with Crippen LogP contribution in [0.25, 0.3) is 0 Å². The third-order valence-corrected chi connectivity index (χ3v) is 5.71. The molecule has 1 atom stereocenters. The molecule has 0 saturated carbocycles. The first-order chi connectivity index (χ1) is 16.4. The van der Waals surface area contributed by atoms with Crippen molar-refractivity contribution in [3.05, 3.63) is 107 Å². The molecule has 0 radical (unpaired) electrons. The molecule has 1 unspecified atom stereocenters. The van der Waals surface area contributed by atoms with E-state index < -0.39 is 24.0 Å². The summed E-state index contributed by atoms with van der Waals surface area (Å²) in [4.78, 5) is 38.5. The average Bonchev–Trinajstić information content (AvgIpc) is 2.82. The summed E-state index contributed by atoms with van der Waals surface area (Å²) in [5.41, 5.74) is 2.93. The zero-order valence-corrected chi connectivity index (χ0v) is 21.1. The summed E-state index contributed by atoms with van der Waals surface area (Å²) in [6, 6.07) is 22.4. The molecular weight excluding hydrogens is 440 g/mol. The molecule has 0 fully saturated rings. The first-order valence-corrected chi connectivity index (χ1v) is 11.6. The van der Waals surface area contributed by atoms with Gasteiger partial charge in [0.05, 0.1) is 11.1 Å². The van der Waals surface area contributed by atoms with Gasteiger partial charge in [-0.1, -0.05) is 96.1 Å². The Kier molecular flexibility index (Phi) is 7.59. The van der Waals surface area contributed by atoms with E-state index in [2.05, 4.69) is 41.5 Å². The molecule has 0 amide bonds. The van der Waals surface area contributed by atoms with Crippen molar-refractivity contribution in [3.8, 4) is 0 Å². The number of benzene rings is 3. The summed E-state index contributed by atoms with van der Waals surface area (Å²) in [5, 5.41) is 0. The molecule has 3 rings (SSSR count). The Morgan fingerprint density at radius 3 is 1.46 bits per heavy atom. The third kappa shape index (κ3) is 6.66. The Morgan fingerprint density at radius 1 is 0.600 bits per heavy atom. The normalized spacial score (nSPS) is 12.5. The predicted octanol–water partition coefficient (Wildman–Crippen LogP) is 6.56. The highest BCUT2D eigenvalue weighted by atomic mass is 16.6. The zero-order valence-electron chi connectivity index (χ0n) is 21.1. The first kappa shape index (κ1) is 25.9. The lowest BCUT2D eigenvalue weighted by molar-refractivity contribution is -0.148. The largest absolute Gasteiger partial charge is 0.442 e. The second-order valence-electron chi connectivity index (χ2n) is 10.6. The summed E-state index contributed by atoms with van der Waals surface area (Å²) in [5.74, 6) is -2.44. The van der Waals surface area contributed by atoms with Crippen LogP contribution in [0, 0.1) is 0 Å². The Labute approximate surface area is 207 Å². The number of esters is 3. The van der Waals surface area contributed by atoms with Crippen molar-refractivity contribution in [2.24, 2.45) is 0 Å². The van der Waals surface area contributed by atoms with Gasteiger partial charge in [0.15, 0.2) is 0 Å². The van der Waals surface area contributed by atoms with E-state index in [1.165, 1.54) is 0 Å². The van der Waals surface area contributed by atoms with Crippen LogP contribution in [0.4, 0.5) is 0 Å². The predicted molar refractivity (Wildman–Crippen MR) is 135 cm³/mol. The van der Waals surface area contributed by atoms with Crippen LogP contribution in [0.2, 0.25) is 0 Å².